The molecule has 0 aliphatic carbocycles. The molecule has 1 amide bonds. The summed E-state index contributed by atoms with van der Waals surface area (Å²) in [6, 6.07) is 10.6. The third kappa shape index (κ3) is 3.01. The average molecular weight is 260 g/mol. The largest absolute Gasteiger partial charge is 0.495 e. The molecule has 0 aliphatic rings. The van der Waals surface area contributed by atoms with E-state index < -0.39 is 11.7 Å². The summed E-state index contributed by atoms with van der Waals surface area (Å²) in [5, 5.41) is 2.65. The van der Waals surface area contributed by atoms with E-state index in [4.69, 9.17) is 10.5 Å². The highest BCUT2D eigenvalue weighted by Crippen LogP contribution is 2.24. The molecule has 19 heavy (non-hydrogen) atoms. The van der Waals surface area contributed by atoms with Crippen LogP contribution in [0.4, 0.5) is 15.8 Å². The predicted octanol–water partition coefficient (Wildman–Crippen LogP) is 2.67. The number of halogens is 1. The van der Waals surface area contributed by atoms with E-state index in [2.05, 4.69) is 5.32 Å². The van der Waals surface area contributed by atoms with Gasteiger partial charge in [-0.15, -0.1) is 0 Å². The lowest BCUT2D eigenvalue weighted by molar-refractivity contribution is 0.102. The van der Waals surface area contributed by atoms with Crippen LogP contribution in [-0.2, 0) is 0 Å². The van der Waals surface area contributed by atoms with Gasteiger partial charge in [0, 0.05) is 11.3 Å². The maximum Gasteiger partial charge on any atom is 0.255 e. The molecule has 5 heteroatoms. The molecule has 4 nitrogen and oxygen atoms in total. The van der Waals surface area contributed by atoms with Gasteiger partial charge in [-0.2, -0.15) is 0 Å². The number of amides is 1. The lowest BCUT2D eigenvalue weighted by Crippen LogP contribution is -2.13. The third-order valence-electron chi connectivity index (χ3n) is 2.54. The fourth-order valence-corrected chi connectivity index (χ4v) is 1.69. The van der Waals surface area contributed by atoms with Gasteiger partial charge in [-0.25, -0.2) is 4.39 Å². The molecule has 0 aromatic heterocycles. The van der Waals surface area contributed by atoms with Crippen LogP contribution < -0.4 is 15.8 Å². The van der Waals surface area contributed by atoms with Crippen molar-refractivity contribution in [3.05, 3.63) is 53.8 Å². The second-order valence-electron chi connectivity index (χ2n) is 3.93. The van der Waals surface area contributed by atoms with Gasteiger partial charge in [0.25, 0.3) is 5.91 Å². The molecule has 0 atom stereocenters. The summed E-state index contributed by atoms with van der Waals surface area (Å²) in [6.07, 6.45) is 0. The minimum absolute atomic E-state index is 0.156. The Bertz CT molecular complexity index is 594. The lowest BCUT2D eigenvalue weighted by atomic mass is 10.1. The maximum atomic E-state index is 13.2. The summed E-state index contributed by atoms with van der Waals surface area (Å²) in [6.45, 7) is 0. The number of methoxy groups -OCH3 is 1. The number of hydrogen-bond acceptors (Lipinski definition) is 3. The van der Waals surface area contributed by atoms with Gasteiger partial charge in [0.15, 0.2) is 0 Å². The molecule has 0 aliphatic heterocycles. The van der Waals surface area contributed by atoms with Crippen molar-refractivity contribution in [2.24, 2.45) is 0 Å². The molecule has 2 aromatic carbocycles. The highest BCUT2D eigenvalue weighted by Gasteiger charge is 2.10. The Hall–Kier alpha value is -2.56. The van der Waals surface area contributed by atoms with Crippen molar-refractivity contribution in [2.45, 2.75) is 0 Å². The zero-order chi connectivity index (χ0) is 13.8. The molecule has 0 radical (unpaired) electrons. The van der Waals surface area contributed by atoms with Crippen molar-refractivity contribution < 1.29 is 13.9 Å². The summed E-state index contributed by atoms with van der Waals surface area (Å²) in [5.74, 6) is -0.471. The Kier molecular flexibility index (Phi) is 3.66. The van der Waals surface area contributed by atoms with Crippen molar-refractivity contribution >= 4 is 17.3 Å². The molecule has 2 rings (SSSR count). The Morgan fingerprint density at radius 3 is 2.68 bits per heavy atom. The zero-order valence-corrected chi connectivity index (χ0v) is 10.3. The van der Waals surface area contributed by atoms with Crippen LogP contribution in [0.15, 0.2) is 42.5 Å². The van der Waals surface area contributed by atoms with Crippen molar-refractivity contribution in [1.29, 1.82) is 0 Å². The van der Waals surface area contributed by atoms with Gasteiger partial charge < -0.3 is 15.8 Å². The van der Waals surface area contributed by atoms with E-state index in [1.807, 2.05) is 0 Å². The quantitative estimate of drug-likeness (QED) is 0.834. The standard InChI is InChI=1S/C14H13FN2O2/c1-19-13-5-3-2-4-12(13)17-14(18)9-6-10(15)8-11(16)7-9/h2-8H,16H2,1H3,(H,17,18). The first kappa shape index (κ1) is 12.9. The molecular weight excluding hydrogens is 247 g/mol. The van der Waals surface area contributed by atoms with E-state index in [1.54, 1.807) is 24.3 Å². The van der Waals surface area contributed by atoms with Gasteiger partial charge in [0.1, 0.15) is 11.6 Å². The van der Waals surface area contributed by atoms with Gasteiger partial charge in [0.05, 0.1) is 12.8 Å². The average Bonchev–Trinajstić information content (AvgIpc) is 2.38. The minimum Gasteiger partial charge on any atom is -0.495 e. The van der Waals surface area contributed by atoms with Gasteiger partial charge in [0.2, 0.25) is 0 Å². The Morgan fingerprint density at radius 2 is 2.00 bits per heavy atom. The molecule has 0 saturated carbocycles. The molecule has 0 bridgehead atoms. The number of benzene rings is 2. The molecule has 0 spiro atoms. The van der Waals surface area contributed by atoms with Crippen molar-refractivity contribution in [1.82, 2.24) is 0 Å². The number of carbonyl (C=O) groups is 1. The first-order valence-corrected chi connectivity index (χ1v) is 5.60. The number of rotatable bonds is 3. The van der Waals surface area contributed by atoms with Crippen molar-refractivity contribution in [2.75, 3.05) is 18.2 Å². The number of para-hydroxylation sites is 2. The van der Waals surface area contributed by atoms with E-state index >= 15 is 0 Å². The molecule has 98 valence electrons. The normalized spacial score (nSPS) is 10.0. The van der Waals surface area contributed by atoms with Crippen LogP contribution in [-0.4, -0.2) is 13.0 Å². The van der Waals surface area contributed by atoms with E-state index in [0.717, 1.165) is 12.1 Å². The van der Waals surface area contributed by atoms with Crippen molar-refractivity contribution in [3.8, 4) is 5.75 Å². The van der Waals surface area contributed by atoms with Gasteiger partial charge in [-0.3, -0.25) is 4.79 Å². The highest BCUT2D eigenvalue weighted by atomic mass is 19.1. The second-order valence-corrected chi connectivity index (χ2v) is 3.93. The number of ether oxygens (including phenoxy) is 1. The van der Waals surface area contributed by atoms with Crippen LogP contribution in [0.1, 0.15) is 10.4 Å². The number of hydrogen-bond donors (Lipinski definition) is 2. The summed E-state index contributed by atoms with van der Waals surface area (Å²) in [5.41, 5.74) is 6.37. The van der Waals surface area contributed by atoms with Gasteiger partial charge >= 0.3 is 0 Å². The topological polar surface area (TPSA) is 64.3 Å². The Labute approximate surface area is 110 Å². The van der Waals surface area contributed by atoms with Crippen molar-refractivity contribution in [3.63, 3.8) is 0 Å². The van der Waals surface area contributed by atoms with Crippen LogP contribution >= 0.6 is 0 Å². The molecular formula is C14H13FN2O2. The first-order chi connectivity index (χ1) is 9.10. The number of carbonyl (C=O) groups excluding carboxylic acids is 1. The molecule has 2 aromatic rings. The van der Waals surface area contributed by atoms with E-state index in [1.165, 1.54) is 13.2 Å². The Balaban J connectivity index is 2.25. The zero-order valence-electron chi connectivity index (χ0n) is 10.3. The fraction of sp³-hybridized carbons (Fsp3) is 0.0714. The third-order valence-corrected chi connectivity index (χ3v) is 2.54. The van der Waals surface area contributed by atoms with Crippen LogP contribution in [0.2, 0.25) is 0 Å². The number of nitrogen functional groups attached to an aromatic ring is 1. The lowest BCUT2D eigenvalue weighted by Gasteiger charge is -2.10. The summed E-state index contributed by atoms with van der Waals surface area (Å²) >= 11 is 0. The van der Waals surface area contributed by atoms with E-state index in [-0.39, 0.29) is 11.3 Å². The number of anilines is 2. The van der Waals surface area contributed by atoms with Crippen LogP contribution in [0.3, 0.4) is 0 Å². The molecule has 3 N–H and O–H groups in total. The summed E-state index contributed by atoms with van der Waals surface area (Å²) < 4.78 is 18.3. The molecule has 0 saturated heterocycles. The minimum atomic E-state index is -0.551. The first-order valence-electron chi connectivity index (χ1n) is 5.60. The molecule has 0 fully saturated rings. The number of nitrogens with two attached hydrogens (primary N) is 1. The second kappa shape index (κ2) is 5.39. The van der Waals surface area contributed by atoms with Gasteiger partial charge in [-0.1, -0.05) is 12.1 Å². The smallest absolute Gasteiger partial charge is 0.255 e. The summed E-state index contributed by atoms with van der Waals surface area (Å²) in [7, 11) is 1.51. The van der Waals surface area contributed by atoms with E-state index in [0.29, 0.717) is 11.4 Å². The monoisotopic (exact) mass is 260 g/mol. The number of nitrogens with one attached hydrogen (secondary N) is 1. The van der Waals surface area contributed by atoms with E-state index in [9.17, 15) is 9.18 Å². The Morgan fingerprint density at radius 1 is 1.26 bits per heavy atom. The fourth-order valence-electron chi connectivity index (χ4n) is 1.69. The summed E-state index contributed by atoms with van der Waals surface area (Å²) in [4.78, 5) is 12.0. The SMILES string of the molecule is COc1ccccc1NC(=O)c1cc(N)cc(F)c1. The van der Waals surface area contributed by atoms with Crippen LogP contribution in [0, 0.1) is 5.82 Å². The maximum absolute atomic E-state index is 13.2. The molecule has 0 unspecified atom stereocenters. The highest BCUT2D eigenvalue weighted by molar-refractivity contribution is 6.05. The molecule has 0 heterocycles. The predicted molar refractivity (Wildman–Crippen MR) is 71.8 cm³/mol. The van der Waals surface area contributed by atoms with Gasteiger partial charge in [-0.05, 0) is 30.3 Å². The van der Waals surface area contributed by atoms with Crippen LogP contribution in [0.25, 0.3) is 0 Å². The van der Waals surface area contributed by atoms with Crippen LogP contribution in [0.5, 0.6) is 5.75 Å².